The maximum Gasteiger partial charge on any atom is 0.243 e. The number of nitrogens with zero attached hydrogens (tertiary/aromatic N) is 6. The highest BCUT2D eigenvalue weighted by Gasteiger charge is 2.25. The molecule has 34 heavy (non-hydrogen) atoms. The van der Waals surface area contributed by atoms with Crippen molar-refractivity contribution < 1.29 is 9.50 Å². The number of benzene rings is 1. The molecular formula is C25H28FN7O. The highest BCUT2D eigenvalue weighted by Crippen LogP contribution is 2.30. The minimum atomic E-state index is -1.11. The van der Waals surface area contributed by atoms with Crippen molar-refractivity contribution in [3.63, 3.8) is 0 Å². The fourth-order valence-corrected chi connectivity index (χ4v) is 4.39. The van der Waals surface area contributed by atoms with Gasteiger partial charge in [0.05, 0.1) is 5.69 Å². The number of aryl methyl sites for hydroxylation is 1. The van der Waals surface area contributed by atoms with Crippen LogP contribution >= 0.6 is 0 Å². The Bertz CT molecular complexity index is 1310. The Morgan fingerprint density at radius 1 is 1.06 bits per heavy atom. The van der Waals surface area contributed by atoms with E-state index in [-0.39, 0.29) is 11.9 Å². The SMILES string of the molecule is Cc1cc(N2CCC(Nc3nc4c(-c5ccc(F)cc5)ccc(C(C)(C)O)n4n3)CC2)ncn1. The summed E-state index contributed by atoms with van der Waals surface area (Å²) in [5, 5.41) is 18.9. The molecule has 0 spiro atoms. The van der Waals surface area contributed by atoms with E-state index >= 15 is 0 Å². The van der Waals surface area contributed by atoms with Crippen LogP contribution in [0.25, 0.3) is 16.8 Å². The van der Waals surface area contributed by atoms with E-state index in [2.05, 4.69) is 20.2 Å². The van der Waals surface area contributed by atoms with Gasteiger partial charge in [-0.1, -0.05) is 12.1 Å². The third kappa shape index (κ3) is 4.43. The van der Waals surface area contributed by atoms with Gasteiger partial charge in [-0.3, -0.25) is 0 Å². The lowest BCUT2D eigenvalue weighted by molar-refractivity contribution is 0.0715. The summed E-state index contributed by atoms with van der Waals surface area (Å²) in [6, 6.07) is 12.3. The van der Waals surface area contributed by atoms with Gasteiger partial charge in [-0.25, -0.2) is 18.9 Å². The number of aliphatic hydroxyl groups is 1. The summed E-state index contributed by atoms with van der Waals surface area (Å²) in [6.07, 6.45) is 3.44. The summed E-state index contributed by atoms with van der Waals surface area (Å²) in [6.45, 7) is 7.16. The van der Waals surface area contributed by atoms with Crippen LogP contribution in [-0.4, -0.2) is 48.8 Å². The molecule has 5 rings (SSSR count). The number of pyridine rings is 1. The molecule has 0 aliphatic carbocycles. The van der Waals surface area contributed by atoms with E-state index in [9.17, 15) is 9.50 Å². The van der Waals surface area contributed by atoms with E-state index in [0.717, 1.165) is 48.6 Å². The van der Waals surface area contributed by atoms with Gasteiger partial charge in [0.15, 0.2) is 5.65 Å². The first-order valence-corrected chi connectivity index (χ1v) is 11.5. The summed E-state index contributed by atoms with van der Waals surface area (Å²) in [5.74, 6) is 1.17. The van der Waals surface area contributed by atoms with Crippen molar-refractivity contribution in [2.75, 3.05) is 23.3 Å². The minimum Gasteiger partial charge on any atom is -0.384 e. The van der Waals surface area contributed by atoms with Crippen LogP contribution in [0.5, 0.6) is 0 Å². The van der Waals surface area contributed by atoms with Crippen LogP contribution in [0.15, 0.2) is 48.8 Å². The highest BCUT2D eigenvalue weighted by atomic mass is 19.1. The van der Waals surface area contributed by atoms with Crippen LogP contribution in [0.4, 0.5) is 16.2 Å². The van der Waals surface area contributed by atoms with Gasteiger partial charge in [0, 0.05) is 36.5 Å². The molecule has 4 aromatic rings. The normalized spacial score (nSPS) is 15.1. The number of fused-ring (bicyclic) bond motifs is 1. The molecule has 0 amide bonds. The Kier molecular flexibility index (Phi) is 5.65. The zero-order valence-electron chi connectivity index (χ0n) is 19.5. The van der Waals surface area contributed by atoms with E-state index in [0.29, 0.717) is 17.3 Å². The summed E-state index contributed by atoms with van der Waals surface area (Å²) in [4.78, 5) is 15.6. The van der Waals surface area contributed by atoms with E-state index in [1.165, 1.54) is 12.1 Å². The Morgan fingerprint density at radius 2 is 1.79 bits per heavy atom. The zero-order valence-corrected chi connectivity index (χ0v) is 19.5. The lowest BCUT2D eigenvalue weighted by Crippen LogP contribution is -2.39. The number of halogens is 1. The fraction of sp³-hybridized carbons (Fsp3) is 0.360. The standard InChI is InChI=1S/C25H28FN7O/c1-16-14-22(28-15-27-16)32-12-10-19(11-13-32)29-24-30-23-20(17-4-6-18(26)7-5-17)8-9-21(25(2,3)34)33(23)31-24/h4-9,14-15,19,34H,10-13H2,1-3H3,(H,29,31). The van der Waals surface area contributed by atoms with Crippen molar-refractivity contribution in [2.45, 2.75) is 45.3 Å². The van der Waals surface area contributed by atoms with E-state index in [1.54, 1.807) is 36.8 Å². The van der Waals surface area contributed by atoms with Crippen LogP contribution < -0.4 is 10.2 Å². The molecule has 1 aromatic carbocycles. The molecule has 3 aromatic heterocycles. The van der Waals surface area contributed by atoms with Gasteiger partial charge in [-0.15, -0.1) is 5.10 Å². The quantitative estimate of drug-likeness (QED) is 0.465. The molecule has 9 heteroatoms. The molecular weight excluding hydrogens is 433 g/mol. The van der Waals surface area contributed by atoms with Crippen molar-refractivity contribution >= 4 is 17.4 Å². The third-order valence-corrected chi connectivity index (χ3v) is 6.21. The largest absolute Gasteiger partial charge is 0.384 e. The van der Waals surface area contributed by atoms with Crippen LogP contribution in [0.3, 0.4) is 0 Å². The Morgan fingerprint density at radius 3 is 2.47 bits per heavy atom. The molecule has 1 fully saturated rings. The third-order valence-electron chi connectivity index (χ3n) is 6.21. The summed E-state index contributed by atoms with van der Waals surface area (Å²) in [7, 11) is 0. The first kappa shape index (κ1) is 22.2. The van der Waals surface area contributed by atoms with E-state index in [4.69, 9.17) is 10.1 Å². The maximum atomic E-state index is 13.5. The summed E-state index contributed by atoms with van der Waals surface area (Å²) < 4.78 is 15.2. The predicted molar refractivity (Wildman–Crippen MR) is 129 cm³/mol. The van der Waals surface area contributed by atoms with Crippen molar-refractivity contribution in [2.24, 2.45) is 0 Å². The van der Waals surface area contributed by atoms with Gasteiger partial charge in [0.2, 0.25) is 5.95 Å². The van der Waals surface area contributed by atoms with Gasteiger partial charge in [-0.05, 0) is 63.4 Å². The molecule has 1 aliphatic rings. The Balaban J connectivity index is 1.41. The van der Waals surface area contributed by atoms with E-state index in [1.807, 2.05) is 25.1 Å². The molecule has 0 radical (unpaired) electrons. The van der Waals surface area contributed by atoms with Crippen LogP contribution in [0.1, 0.15) is 38.1 Å². The smallest absolute Gasteiger partial charge is 0.243 e. The number of aromatic nitrogens is 5. The highest BCUT2D eigenvalue weighted by molar-refractivity contribution is 5.78. The van der Waals surface area contributed by atoms with Gasteiger partial charge < -0.3 is 15.3 Å². The van der Waals surface area contributed by atoms with Crippen LogP contribution in [-0.2, 0) is 5.60 Å². The second kappa shape index (κ2) is 8.64. The predicted octanol–water partition coefficient (Wildman–Crippen LogP) is 3.94. The van der Waals surface area contributed by atoms with Gasteiger partial charge in [0.25, 0.3) is 0 Å². The first-order valence-electron chi connectivity index (χ1n) is 11.5. The Hall–Kier alpha value is -3.59. The lowest BCUT2D eigenvalue weighted by Gasteiger charge is -2.32. The fourth-order valence-electron chi connectivity index (χ4n) is 4.39. The monoisotopic (exact) mass is 461 g/mol. The first-order chi connectivity index (χ1) is 16.3. The molecule has 0 atom stereocenters. The second-order valence-corrected chi connectivity index (χ2v) is 9.29. The van der Waals surface area contributed by atoms with Gasteiger partial charge in [-0.2, -0.15) is 4.98 Å². The van der Waals surface area contributed by atoms with Crippen molar-refractivity contribution in [1.82, 2.24) is 24.6 Å². The second-order valence-electron chi connectivity index (χ2n) is 9.29. The number of hydrogen-bond donors (Lipinski definition) is 2. The molecule has 0 bridgehead atoms. The molecule has 2 N–H and O–H groups in total. The zero-order chi connectivity index (χ0) is 23.9. The average molecular weight is 462 g/mol. The lowest BCUT2D eigenvalue weighted by atomic mass is 10.0. The molecule has 176 valence electrons. The average Bonchev–Trinajstić information content (AvgIpc) is 3.22. The van der Waals surface area contributed by atoms with Crippen molar-refractivity contribution in [3.8, 4) is 11.1 Å². The molecule has 0 saturated carbocycles. The van der Waals surface area contributed by atoms with Crippen molar-refractivity contribution in [1.29, 1.82) is 0 Å². The molecule has 1 saturated heterocycles. The van der Waals surface area contributed by atoms with Crippen molar-refractivity contribution in [3.05, 3.63) is 66.0 Å². The summed E-state index contributed by atoms with van der Waals surface area (Å²) >= 11 is 0. The molecule has 8 nitrogen and oxygen atoms in total. The van der Waals surface area contributed by atoms with Gasteiger partial charge >= 0.3 is 0 Å². The topological polar surface area (TPSA) is 91.5 Å². The molecule has 1 aliphatic heterocycles. The number of hydrogen-bond acceptors (Lipinski definition) is 7. The minimum absolute atomic E-state index is 0.219. The van der Waals surface area contributed by atoms with Crippen LogP contribution in [0.2, 0.25) is 0 Å². The molecule has 4 heterocycles. The molecule has 0 unspecified atom stereocenters. The number of anilines is 2. The summed E-state index contributed by atoms with van der Waals surface area (Å²) in [5.41, 5.74) is 2.75. The van der Waals surface area contributed by atoms with Crippen LogP contribution in [0, 0.1) is 12.7 Å². The maximum absolute atomic E-state index is 13.5. The number of nitrogens with one attached hydrogen (secondary N) is 1. The number of rotatable bonds is 5. The van der Waals surface area contributed by atoms with E-state index < -0.39 is 5.60 Å². The van der Waals surface area contributed by atoms with Gasteiger partial charge in [0.1, 0.15) is 23.6 Å². The number of piperidine rings is 1. The Labute approximate surface area is 197 Å².